The normalized spacial score (nSPS) is 16.1. The maximum absolute atomic E-state index is 12.3. The van der Waals surface area contributed by atoms with Gasteiger partial charge in [-0.1, -0.05) is 13.8 Å². The van der Waals surface area contributed by atoms with Crippen molar-refractivity contribution in [3.8, 4) is 0 Å². The van der Waals surface area contributed by atoms with E-state index in [0.717, 1.165) is 0 Å². The molecule has 1 aromatic rings. The zero-order chi connectivity index (χ0) is 15.8. The molecule has 0 saturated heterocycles. The summed E-state index contributed by atoms with van der Waals surface area (Å²) in [5.41, 5.74) is 5.84. The summed E-state index contributed by atoms with van der Waals surface area (Å²) >= 11 is 0. The van der Waals surface area contributed by atoms with Gasteiger partial charge < -0.3 is 11.1 Å². The molecule has 1 aliphatic heterocycles. The molecule has 1 aromatic carbocycles. The van der Waals surface area contributed by atoms with E-state index in [0.29, 0.717) is 10.8 Å². The lowest BCUT2D eigenvalue weighted by Crippen LogP contribution is -2.41. The van der Waals surface area contributed by atoms with Gasteiger partial charge in [0.15, 0.2) is 0 Å². The summed E-state index contributed by atoms with van der Waals surface area (Å²) in [6.07, 6.45) is 0. The third-order valence-electron chi connectivity index (χ3n) is 3.03. The van der Waals surface area contributed by atoms with Crippen LogP contribution < -0.4 is 11.1 Å². The molecule has 114 valence electrons. The molecule has 0 radical (unpaired) electrons. The number of benzene rings is 1. The monoisotopic (exact) mass is 311 g/mol. The van der Waals surface area contributed by atoms with Crippen molar-refractivity contribution in [2.75, 3.05) is 18.8 Å². The van der Waals surface area contributed by atoms with E-state index in [1.165, 1.54) is 18.2 Å². The van der Waals surface area contributed by atoms with Crippen molar-refractivity contribution >= 4 is 27.5 Å². The summed E-state index contributed by atoms with van der Waals surface area (Å²) in [4.78, 5) is 23.7. The second-order valence-corrected chi connectivity index (χ2v) is 7.10. The van der Waals surface area contributed by atoms with Crippen LogP contribution in [0.3, 0.4) is 0 Å². The lowest BCUT2D eigenvalue weighted by molar-refractivity contribution is -0.121. The lowest BCUT2D eigenvalue weighted by Gasteiger charge is -2.15. The van der Waals surface area contributed by atoms with Gasteiger partial charge in [0.25, 0.3) is 15.9 Å². The first-order valence-corrected chi connectivity index (χ1v) is 7.90. The zero-order valence-corrected chi connectivity index (χ0v) is 12.6. The van der Waals surface area contributed by atoms with Crippen LogP contribution in [0.2, 0.25) is 0 Å². The fraction of sp³-hybridized carbons (Fsp3) is 0.385. The Balaban J connectivity index is 2.24. The highest BCUT2D eigenvalue weighted by molar-refractivity contribution is 7.90. The summed E-state index contributed by atoms with van der Waals surface area (Å²) in [7, 11) is -4.01. The number of nitrogens with zero attached hydrogens (tertiary/aromatic N) is 1. The molecule has 0 aromatic heterocycles. The summed E-state index contributed by atoms with van der Waals surface area (Å²) in [6, 6.07) is 4.04. The van der Waals surface area contributed by atoms with Crippen molar-refractivity contribution in [2.24, 2.45) is 5.92 Å². The summed E-state index contributed by atoms with van der Waals surface area (Å²) in [6.45, 7) is 3.72. The van der Waals surface area contributed by atoms with Gasteiger partial charge in [0.2, 0.25) is 5.91 Å². The molecule has 0 unspecified atom stereocenters. The molecule has 1 aliphatic rings. The van der Waals surface area contributed by atoms with Crippen LogP contribution in [0, 0.1) is 5.92 Å². The third kappa shape index (κ3) is 2.85. The Morgan fingerprint density at radius 2 is 2.05 bits per heavy atom. The minimum atomic E-state index is -4.01. The second kappa shape index (κ2) is 5.36. The first kappa shape index (κ1) is 15.3. The number of amides is 2. The largest absolute Gasteiger partial charge is 0.399 e. The van der Waals surface area contributed by atoms with Crippen LogP contribution >= 0.6 is 0 Å². The molecule has 2 rings (SSSR count). The van der Waals surface area contributed by atoms with E-state index in [1.807, 2.05) is 13.8 Å². The number of nitrogen functional groups attached to an aromatic ring is 1. The number of hydrogen-bond donors (Lipinski definition) is 2. The molecular formula is C13H17N3O4S. The number of nitrogens with two attached hydrogens (primary N) is 1. The molecule has 0 aliphatic carbocycles. The van der Waals surface area contributed by atoms with Crippen LogP contribution in [0.1, 0.15) is 24.2 Å². The van der Waals surface area contributed by atoms with Crippen molar-refractivity contribution in [3.63, 3.8) is 0 Å². The fourth-order valence-electron chi connectivity index (χ4n) is 1.95. The Hall–Kier alpha value is -2.09. The van der Waals surface area contributed by atoms with Crippen LogP contribution in [-0.4, -0.2) is 37.6 Å². The molecule has 0 fully saturated rings. The van der Waals surface area contributed by atoms with Crippen molar-refractivity contribution in [2.45, 2.75) is 18.7 Å². The maximum atomic E-state index is 12.3. The van der Waals surface area contributed by atoms with Crippen molar-refractivity contribution in [3.05, 3.63) is 23.8 Å². The standard InChI is InChI=1S/C13H17N3O4S/c1-8(2)6-15-12(17)7-16-13(18)10-4-3-9(14)5-11(10)21(16,19)20/h3-5,8H,6-7,14H2,1-2H3,(H,15,17). The molecule has 8 heteroatoms. The molecule has 0 spiro atoms. The number of fused-ring (bicyclic) bond motifs is 1. The molecule has 0 atom stereocenters. The minimum Gasteiger partial charge on any atom is -0.399 e. The van der Waals surface area contributed by atoms with Gasteiger partial charge in [-0.15, -0.1) is 0 Å². The smallest absolute Gasteiger partial charge is 0.269 e. The van der Waals surface area contributed by atoms with Gasteiger partial charge in [0.1, 0.15) is 11.4 Å². The van der Waals surface area contributed by atoms with Crippen molar-refractivity contribution in [1.29, 1.82) is 0 Å². The van der Waals surface area contributed by atoms with Crippen molar-refractivity contribution in [1.82, 2.24) is 9.62 Å². The van der Waals surface area contributed by atoms with Gasteiger partial charge in [0, 0.05) is 12.2 Å². The van der Waals surface area contributed by atoms with Gasteiger partial charge in [-0.05, 0) is 24.1 Å². The van der Waals surface area contributed by atoms with Gasteiger partial charge in [-0.25, -0.2) is 12.7 Å². The summed E-state index contributed by atoms with van der Waals surface area (Å²) in [5, 5.41) is 2.58. The number of carbonyl (C=O) groups excluding carboxylic acids is 2. The van der Waals surface area contributed by atoms with Gasteiger partial charge in [-0.3, -0.25) is 9.59 Å². The molecule has 1 heterocycles. The molecule has 0 saturated carbocycles. The number of nitrogens with one attached hydrogen (secondary N) is 1. The van der Waals surface area contributed by atoms with E-state index < -0.39 is 28.4 Å². The Morgan fingerprint density at radius 3 is 2.67 bits per heavy atom. The van der Waals surface area contributed by atoms with E-state index in [9.17, 15) is 18.0 Å². The SMILES string of the molecule is CC(C)CNC(=O)CN1C(=O)c2ccc(N)cc2S1(=O)=O. The zero-order valence-electron chi connectivity index (χ0n) is 11.8. The first-order valence-electron chi connectivity index (χ1n) is 6.46. The number of hydrogen-bond acceptors (Lipinski definition) is 5. The van der Waals surface area contributed by atoms with Crippen LogP contribution in [0.15, 0.2) is 23.1 Å². The van der Waals surface area contributed by atoms with Gasteiger partial charge in [0.05, 0.1) is 5.56 Å². The van der Waals surface area contributed by atoms with E-state index in [2.05, 4.69) is 5.32 Å². The Morgan fingerprint density at radius 1 is 1.38 bits per heavy atom. The topological polar surface area (TPSA) is 110 Å². The van der Waals surface area contributed by atoms with E-state index in [1.54, 1.807) is 0 Å². The molecule has 21 heavy (non-hydrogen) atoms. The van der Waals surface area contributed by atoms with Crippen LogP contribution in [0.4, 0.5) is 5.69 Å². The Kier molecular flexibility index (Phi) is 3.91. The van der Waals surface area contributed by atoms with Crippen molar-refractivity contribution < 1.29 is 18.0 Å². The number of anilines is 1. The number of carbonyl (C=O) groups is 2. The molecular weight excluding hydrogens is 294 g/mol. The summed E-state index contributed by atoms with van der Waals surface area (Å²) in [5.74, 6) is -0.983. The second-order valence-electron chi connectivity index (χ2n) is 5.27. The molecule has 0 bridgehead atoms. The number of rotatable bonds is 4. The van der Waals surface area contributed by atoms with Crippen LogP contribution in [-0.2, 0) is 14.8 Å². The maximum Gasteiger partial charge on any atom is 0.269 e. The van der Waals surface area contributed by atoms with Crippen LogP contribution in [0.25, 0.3) is 0 Å². The quantitative estimate of drug-likeness (QED) is 0.771. The Labute approximate surface area is 123 Å². The lowest BCUT2D eigenvalue weighted by atomic mass is 10.2. The summed E-state index contributed by atoms with van der Waals surface area (Å²) < 4.78 is 25.2. The van der Waals surface area contributed by atoms with Gasteiger partial charge >= 0.3 is 0 Å². The first-order chi connectivity index (χ1) is 9.73. The third-order valence-corrected chi connectivity index (χ3v) is 4.79. The average molecular weight is 311 g/mol. The average Bonchev–Trinajstić information content (AvgIpc) is 2.57. The van der Waals surface area contributed by atoms with E-state index >= 15 is 0 Å². The van der Waals surface area contributed by atoms with Gasteiger partial charge in [-0.2, -0.15) is 0 Å². The van der Waals surface area contributed by atoms with E-state index in [-0.39, 0.29) is 22.1 Å². The highest BCUT2D eigenvalue weighted by Gasteiger charge is 2.42. The van der Waals surface area contributed by atoms with E-state index in [4.69, 9.17) is 5.73 Å². The predicted molar refractivity (Wildman–Crippen MR) is 76.9 cm³/mol. The molecule has 3 N–H and O–H groups in total. The number of sulfonamides is 1. The molecule has 7 nitrogen and oxygen atoms in total. The highest BCUT2D eigenvalue weighted by atomic mass is 32.2. The predicted octanol–water partition coefficient (Wildman–Crippen LogP) is 0.186. The van der Waals surface area contributed by atoms with Crippen LogP contribution in [0.5, 0.6) is 0 Å². The minimum absolute atomic E-state index is 0.0425. The Bertz CT molecular complexity index is 697. The highest BCUT2D eigenvalue weighted by Crippen LogP contribution is 2.31. The molecule has 2 amide bonds. The fourth-order valence-corrected chi connectivity index (χ4v) is 3.51.